The van der Waals surface area contributed by atoms with E-state index in [-0.39, 0.29) is 17.7 Å². The number of halogens is 2. The van der Waals surface area contributed by atoms with Crippen LogP contribution in [-0.2, 0) is 13.0 Å². The molecule has 4 aromatic rings. The van der Waals surface area contributed by atoms with Crippen LogP contribution in [0.3, 0.4) is 0 Å². The molecular formula is C26H25F2N5O2. The van der Waals surface area contributed by atoms with Crippen molar-refractivity contribution in [3.8, 4) is 22.9 Å². The van der Waals surface area contributed by atoms with E-state index in [0.717, 1.165) is 17.7 Å². The number of pyridine rings is 1. The zero-order chi connectivity index (χ0) is 24.6. The maximum Gasteiger partial charge on any atom is 0.317 e. The molecule has 0 fully saturated rings. The lowest BCUT2D eigenvalue weighted by Crippen LogP contribution is -2.37. The number of aryl methyl sites for hydroxylation is 1. The molecule has 2 amide bonds. The zero-order valence-corrected chi connectivity index (χ0v) is 19.2. The summed E-state index contributed by atoms with van der Waals surface area (Å²) in [5.74, 6) is 0.229. The van der Waals surface area contributed by atoms with Crippen LogP contribution in [0.25, 0.3) is 11.3 Å². The van der Waals surface area contributed by atoms with Crippen LogP contribution >= 0.6 is 0 Å². The molecule has 0 unspecified atom stereocenters. The number of hydrogen-bond donors (Lipinski definition) is 2. The quantitative estimate of drug-likeness (QED) is 0.342. The third-order valence-electron chi connectivity index (χ3n) is 5.32. The first kappa shape index (κ1) is 23.9. The Balaban J connectivity index is 1.19. The first-order valence-electron chi connectivity index (χ1n) is 11.1. The molecule has 35 heavy (non-hydrogen) atoms. The van der Waals surface area contributed by atoms with Crippen LogP contribution < -0.4 is 10.1 Å². The van der Waals surface area contributed by atoms with Crippen LogP contribution in [0.2, 0.25) is 0 Å². The van der Waals surface area contributed by atoms with Crippen molar-refractivity contribution in [3.05, 3.63) is 95.8 Å². The van der Waals surface area contributed by atoms with Crippen molar-refractivity contribution in [3.63, 3.8) is 0 Å². The molecule has 4 rings (SSSR count). The van der Waals surface area contributed by atoms with Crippen molar-refractivity contribution in [2.75, 3.05) is 13.6 Å². The summed E-state index contributed by atoms with van der Waals surface area (Å²) >= 11 is 0. The van der Waals surface area contributed by atoms with Gasteiger partial charge in [0, 0.05) is 43.7 Å². The van der Waals surface area contributed by atoms with Crippen molar-refractivity contribution in [1.29, 1.82) is 0 Å². The zero-order valence-electron chi connectivity index (χ0n) is 19.2. The van der Waals surface area contributed by atoms with Gasteiger partial charge in [-0.15, -0.1) is 0 Å². The summed E-state index contributed by atoms with van der Waals surface area (Å²) in [6.45, 7) is 0.882. The average Bonchev–Trinajstić information content (AvgIpc) is 3.34. The number of ether oxygens (including phenoxy) is 1. The molecular weight excluding hydrogens is 452 g/mol. The third kappa shape index (κ3) is 6.86. The highest BCUT2D eigenvalue weighted by atomic mass is 19.1. The molecule has 0 saturated carbocycles. The number of carbonyl (C=O) groups excluding carboxylic acids is 1. The van der Waals surface area contributed by atoms with Gasteiger partial charge in [0.2, 0.25) is 5.88 Å². The van der Waals surface area contributed by atoms with Gasteiger partial charge >= 0.3 is 6.03 Å². The van der Waals surface area contributed by atoms with Crippen molar-refractivity contribution >= 4 is 6.03 Å². The molecule has 0 aliphatic rings. The van der Waals surface area contributed by atoms with E-state index in [2.05, 4.69) is 20.5 Å². The van der Waals surface area contributed by atoms with Crippen LogP contribution in [0.5, 0.6) is 11.6 Å². The molecule has 0 saturated heterocycles. The number of benzene rings is 2. The highest BCUT2D eigenvalue weighted by Gasteiger charge is 2.10. The molecule has 0 aliphatic carbocycles. The molecule has 0 bridgehead atoms. The van der Waals surface area contributed by atoms with Gasteiger partial charge in [-0.2, -0.15) is 5.10 Å². The third-order valence-corrected chi connectivity index (χ3v) is 5.32. The van der Waals surface area contributed by atoms with E-state index in [9.17, 15) is 13.6 Å². The summed E-state index contributed by atoms with van der Waals surface area (Å²) in [6, 6.07) is 17.2. The Morgan fingerprint density at radius 2 is 1.89 bits per heavy atom. The Hall–Kier alpha value is -4.27. The van der Waals surface area contributed by atoms with Gasteiger partial charge < -0.3 is 15.0 Å². The lowest BCUT2D eigenvalue weighted by Gasteiger charge is -2.17. The number of aromatic amines is 1. The van der Waals surface area contributed by atoms with E-state index < -0.39 is 0 Å². The van der Waals surface area contributed by atoms with E-state index in [0.29, 0.717) is 42.4 Å². The highest BCUT2D eigenvalue weighted by Crippen LogP contribution is 2.20. The summed E-state index contributed by atoms with van der Waals surface area (Å²) in [7, 11) is 1.73. The molecule has 0 spiro atoms. The Morgan fingerprint density at radius 3 is 2.63 bits per heavy atom. The molecule has 180 valence electrons. The second-order valence-corrected chi connectivity index (χ2v) is 8.03. The second-order valence-electron chi connectivity index (χ2n) is 8.03. The number of hydrogen-bond acceptors (Lipinski definition) is 4. The van der Waals surface area contributed by atoms with E-state index >= 15 is 0 Å². The minimum absolute atomic E-state index is 0.193. The van der Waals surface area contributed by atoms with Crippen LogP contribution in [-0.4, -0.2) is 39.7 Å². The smallest absolute Gasteiger partial charge is 0.317 e. The molecule has 2 heterocycles. The lowest BCUT2D eigenvalue weighted by atomic mass is 10.1. The number of nitrogens with one attached hydrogen (secondary N) is 2. The highest BCUT2D eigenvalue weighted by molar-refractivity contribution is 5.73. The molecule has 0 aliphatic heterocycles. The summed E-state index contributed by atoms with van der Waals surface area (Å²) in [4.78, 5) is 18.2. The summed E-state index contributed by atoms with van der Waals surface area (Å²) in [5, 5.41) is 10.1. The van der Waals surface area contributed by atoms with Crippen LogP contribution in [0.1, 0.15) is 17.7 Å². The fourth-order valence-electron chi connectivity index (χ4n) is 3.41. The maximum absolute atomic E-state index is 13.4. The minimum atomic E-state index is -0.335. The van der Waals surface area contributed by atoms with Crippen molar-refractivity contribution < 1.29 is 18.3 Å². The van der Waals surface area contributed by atoms with E-state index in [4.69, 9.17) is 4.74 Å². The summed E-state index contributed by atoms with van der Waals surface area (Å²) in [6.07, 6.45) is 3.07. The SMILES string of the molecule is CN(CCCc1cc(-c2cccc(F)c2)n[nH]1)C(=O)NCc1ccc(Oc2ccc(F)cc2)nc1. The largest absolute Gasteiger partial charge is 0.439 e. The van der Waals surface area contributed by atoms with E-state index in [1.807, 2.05) is 12.1 Å². The number of aromatic nitrogens is 3. The fraction of sp³-hybridized carbons (Fsp3) is 0.192. The van der Waals surface area contributed by atoms with E-state index in [1.165, 1.54) is 36.4 Å². The Morgan fingerprint density at radius 1 is 1.06 bits per heavy atom. The molecule has 7 nitrogen and oxygen atoms in total. The number of carbonyl (C=O) groups is 1. The first-order valence-corrected chi connectivity index (χ1v) is 11.1. The Labute approximate surface area is 201 Å². The standard InChI is InChI=1S/C26H25F2N5O2/c1-33(13-3-6-22-15-24(32-31-22)19-4-2-5-21(28)14-19)26(34)30-17-18-7-12-25(29-16-18)35-23-10-8-20(27)9-11-23/h2,4-5,7-12,14-16H,3,6,13,17H2,1H3,(H,30,34)(H,31,32). The second kappa shape index (κ2) is 11.2. The molecule has 0 atom stereocenters. The minimum Gasteiger partial charge on any atom is -0.439 e. The van der Waals surface area contributed by atoms with Gasteiger partial charge in [-0.3, -0.25) is 5.10 Å². The molecule has 9 heteroatoms. The molecule has 2 aromatic carbocycles. The predicted octanol–water partition coefficient (Wildman–Crippen LogP) is 5.32. The van der Waals surface area contributed by atoms with Gasteiger partial charge in [-0.05, 0) is 60.9 Å². The molecule has 0 radical (unpaired) electrons. The lowest BCUT2D eigenvalue weighted by molar-refractivity contribution is 0.208. The number of amides is 2. The fourth-order valence-corrected chi connectivity index (χ4v) is 3.41. The van der Waals surface area contributed by atoms with Crippen molar-refractivity contribution in [2.45, 2.75) is 19.4 Å². The van der Waals surface area contributed by atoms with Gasteiger partial charge in [0.15, 0.2) is 0 Å². The van der Waals surface area contributed by atoms with E-state index in [1.54, 1.807) is 36.3 Å². The Kier molecular flexibility index (Phi) is 7.67. The van der Waals surface area contributed by atoms with Crippen molar-refractivity contribution in [1.82, 2.24) is 25.4 Å². The normalized spacial score (nSPS) is 10.7. The van der Waals surface area contributed by atoms with Crippen LogP contribution in [0.4, 0.5) is 13.6 Å². The van der Waals surface area contributed by atoms with Crippen LogP contribution in [0, 0.1) is 11.6 Å². The summed E-state index contributed by atoms with van der Waals surface area (Å²) in [5.41, 5.74) is 3.15. The maximum atomic E-state index is 13.4. The predicted molar refractivity (Wildman–Crippen MR) is 128 cm³/mol. The number of urea groups is 1. The Bertz CT molecular complexity index is 1260. The van der Waals surface area contributed by atoms with Gasteiger partial charge in [0.25, 0.3) is 0 Å². The average molecular weight is 478 g/mol. The van der Waals surface area contributed by atoms with Gasteiger partial charge in [0.1, 0.15) is 17.4 Å². The topological polar surface area (TPSA) is 83.1 Å². The number of rotatable bonds is 9. The van der Waals surface area contributed by atoms with Gasteiger partial charge in [0.05, 0.1) is 5.69 Å². The van der Waals surface area contributed by atoms with Crippen molar-refractivity contribution in [2.24, 2.45) is 0 Å². The number of nitrogens with zero attached hydrogens (tertiary/aromatic N) is 3. The van der Waals surface area contributed by atoms with Gasteiger partial charge in [-0.1, -0.05) is 18.2 Å². The molecule has 2 aromatic heterocycles. The monoisotopic (exact) mass is 477 g/mol. The number of H-pyrrole nitrogens is 1. The van der Waals surface area contributed by atoms with Gasteiger partial charge in [-0.25, -0.2) is 18.6 Å². The summed E-state index contributed by atoms with van der Waals surface area (Å²) < 4.78 is 32.0. The first-order chi connectivity index (χ1) is 17.0. The molecule has 2 N–H and O–H groups in total. The van der Waals surface area contributed by atoms with Crippen LogP contribution in [0.15, 0.2) is 72.9 Å².